The van der Waals surface area contributed by atoms with Crippen molar-refractivity contribution in [2.24, 2.45) is 0 Å². The summed E-state index contributed by atoms with van der Waals surface area (Å²) in [6, 6.07) is 38.6. The van der Waals surface area contributed by atoms with Gasteiger partial charge in [-0.15, -0.1) is 0 Å². The summed E-state index contributed by atoms with van der Waals surface area (Å²) in [7, 11) is 0. The lowest BCUT2D eigenvalue weighted by atomic mass is 9.86. The fourth-order valence-corrected chi connectivity index (χ4v) is 7.27. The first-order valence-electron chi connectivity index (χ1n) is 18.3. The Morgan fingerprint density at radius 1 is 0.615 bits per heavy atom. The molecule has 0 aliphatic carbocycles. The van der Waals surface area contributed by atoms with Gasteiger partial charge in [0.25, 0.3) is 0 Å². The Kier molecular flexibility index (Phi) is 8.09. The summed E-state index contributed by atoms with van der Waals surface area (Å²) >= 11 is 0. The average molecular weight is 686 g/mol. The molecule has 3 aromatic heterocycles. The summed E-state index contributed by atoms with van der Waals surface area (Å²) in [6.45, 7) is 18.6. The van der Waals surface area contributed by atoms with Crippen LogP contribution in [0.5, 0.6) is 11.5 Å². The van der Waals surface area contributed by atoms with Crippen molar-refractivity contribution in [1.29, 1.82) is 0 Å². The highest BCUT2D eigenvalue weighted by molar-refractivity contribution is 6.09. The third kappa shape index (κ3) is 5.96. The van der Waals surface area contributed by atoms with Gasteiger partial charge in [-0.2, -0.15) is 0 Å². The number of anilines is 4. The molecule has 0 fully saturated rings. The maximum atomic E-state index is 6.66. The fourth-order valence-electron chi connectivity index (χ4n) is 7.27. The Morgan fingerprint density at radius 2 is 1.31 bits per heavy atom. The van der Waals surface area contributed by atoms with Crippen LogP contribution >= 0.6 is 0 Å². The van der Waals surface area contributed by atoms with Crippen molar-refractivity contribution >= 4 is 44.7 Å². The van der Waals surface area contributed by atoms with Crippen molar-refractivity contribution in [2.75, 3.05) is 16.5 Å². The van der Waals surface area contributed by atoms with Gasteiger partial charge in [-0.1, -0.05) is 91.8 Å². The molecule has 0 spiro atoms. The molecule has 6 heteroatoms. The first kappa shape index (κ1) is 33.5. The molecular formula is C46H47N5O. The lowest BCUT2D eigenvalue weighted by Crippen LogP contribution is -2.26. The van der Waals surface area contributed by atoms with E-state index in [4.69, 9.17) is 14.7 Å². The lowest BCUT2D eigenvalue weighted by molar-refractivity contribution is 0.483. The summed E-state index contributed by atoms with van der Waals surface area (Å²) in [6.07, 6.45) is 3.97. The third-order valence-electron chi connectivity index (χ3n) is 10.2. The highest BCUT2D eigenvalue weighted by atomic mass is 16.5. The first-order valence-corrected chi connectivity index (χ1v) is 18.3. The maximum Gasteiger partial charge on any atom is 0.137 e. The average Bonchev–Trinajstić information content (AvgIpc) is 3.67. The van der Waals surface area contributed by atoms with E-state index in [9.17, 15) is 0 Å². The van der Waals surface area contributed by atoms with Gasteiger partial charge >= 0.3 is 0 Å². The molecule has 7 aromatic rings. The standard InChI is InChI=1S/C46H47N5O/c1-30(2)38-24-32(46(6,7)8)28-48-44(38)50-29-49(40-18-11-12-19-41(40)50)33-14-13-15-34(26-33)52-35-20-21-37-36-16-9-10-17-39(36)51(42(37)27-35)43-25-31(22-23-47-43)45(3,4)5/h9-28,30H,29H2,1-8H3. The van der Waals surface area contributed by atoms with Gasteiger partial charge in [0.05, 0.1) is 22.4 Å². The molecule has 0 N–H and O–H groups in total. The molecule has 0 unspecified atom stereocenters. The van der Waals surface area contributed by atoms with Crippen LogP contribution in [0.4, 0.5) is 22.9 Å². The number of benzene rings is 4. The molecule has 0 saturated heterocycles. The van der Waals surface area contributed by atoms with Crippen LogP contribution in [-0.2, 0) is 10.8 Å². The van der Waals surface area contributed by atoms with Crippen LogP contribution in [0.2, 0.25) is 0 Å². The Morgan fingerprint density at radius 3 is 2.06 bits per heavy atom. The highest BCUT2D eigenvalue weighted by Gasteiger charge is 2.31. The van der Waals surface area contributed by atoms with Crippen molar-refractivity contribution in [3.05, 3.63) is 138 Å². The van der Waals surface area contributed by atoms with Crippen molar-refractivity contribution in [3.63, 3.8) is 0 Å². The van der Waals surface area contributed by atoms with Gasteiger partial charge in [-0.05, 0) is 94.1 Å². The van der Waals surface area contributed by atoms with Gasteiger partial charge < -0.3 is 14.5 Å². The number of fused-ring (bicyclic) bond motifs is 4. The van der Waals surface area contributed by atoms with E-state index in [1.807, 2.05) is 12.3 Å². The summed E-state index contributed by atoms with van der Waals surface area (Å²) < 4.78 is 8.92. The minimum Gasteiger partial charge on any atom is -0.457 e. The van der Waals surface area contributed by atoms with Gasteiger partial charge in [0.2, 0.25) is 0 Å². The molecular weight excluding hydrogens is 639 g/mol. The van der Waals surface area contributed by atoms with Gasteiger partial charge in [0.15, 0.2) is 0 Å². The van der Waals surface area contributed by atoms with Crippen LogP contribution in [0.15, 0.2) is 122 Å². The third-order valence-corrected chi connectivity index (χ3v) is 10.2. The lowest BCUT2D eigenvalue weighted by Gasteiger charge is -2.27. The van der Waals surface area contributed by atoms with E-state index in [0.29, 0.717) is 12.6 Å². The molecule has 0 saturated carbocycles. The van der Waals surface area contributed by atoms with Gasteiger partial charge in [-0.25, -0.2) is 9.97 Å². The highest BCUT2D eigenvalue weighted by Crippen LogP contribution is 2.46. The number of ether oxygens (including phenoxy) is 1. The number of nitrogens with zero attached hydrogens (tertiary/aromatic N) is 5. The fraction of sp³-hybridized carbons (Fsp3) is 0.261. The molecule has 8 rings (SSSR count). The molecule has 0 radical (unpaired) electrons. The zero-order valence-electron chi connectivity index (χ0n) is 31.5. The molecule has 0 atom stereocenters. The number of hydrogen-bond donors (Lipinski definition) is 0. The van der Waals surface area contributed by atoms with Gasteiger partial charge in [0.1, 0.15) is 29.8 Å². The van der Waals surface area contributed by atoms with E-state index in [0.717, 1.165) is 51.2 Å². The molecule has 4 heterocycles. The van der Waals surface area contributed by atoms with Crippen molar-refractivity contribution < 1.29 is 4.74 Å². The van der Waals surface area contributed by atoms with Crippen LogP contribution in [0.3, 0.4) is 0 Å². The van der Waals surface area contributed by atoms with Crippen molar-refractivity contribution in [1.82, 2.24) is 14.5 Å². The Balaban J connectivity index is 1.15. The summed E-state index contributed by atoms with van der Waals surface area (Å²) in [5, 5.41) is 2.35. The minimum atomic E-state index is 0.00668. The zero-order valence-corrected chi connectivity index (χ0v) is 31.5. The normalized spacial score (nSPS) is 13.4. The molecule has 1 aliphatic rings. The molecule has 4 aromatic carbocycles. The quantitative estimate of drug-likeness (QED) is 0.174. The smallest absolute Gasteiger partial charge is 0.137 e. The number of aromatic nitrogens is 3. The van der Waals surface area contributed by atoms with Crippen LogP contribution < -0.4 is 14.5 Å². The molecule has 1 aliphatic heterocycles. The Hall–Kier alpha value is -5.62. The van der Waals surface area contributed by atoms with E-state index >= 15 is 0 Å². The van der Waals surface area contributed by atoms with Crippen LogP contribution in [0.1, 0.15) is 78.0 Å². The predicted molar refractivity (Wildman–Crippen MR) is 216 cm³/mol. The number of hydrogen-bond acceptors (Lipinski definition) is 5. The second kappa shape index (κ2) is 12.6. The first-order chi connectivity index (χ1) is 24.9. The van der Waals surface area contributed by atoms with Gasteiger partial charge in [-0.3, -0.25) is 4.57 Å². The summed E-state index contributed by atoms with van der Waals surface area (Å²) in [5.74, 6) is 3.79. The largest absolute Gasteiger partial charge is 0.457 e. The Labute approximate surface area is 307 Å². The van der Waals surface area contributed by atoms with Crippen molar-refractivity contribution in [2.45, 2.75) is 72.1 Å². The Bertz CT molecular complexity index is 2450. The van der Waals surface area contributed by atoms with Crippen molar-refractivity contribution in [3.8, 4) is 17.3 Å². The van der Waals surface area contributed by atoms with Gasteiger partial charge in [0, 0.05) is 41.0 Å². The van der Waals surface area contributed by atoms with E-state index in [1.165, 1.54) is 27.5 Å². The van der Waals surface area contributed by atoms with Crippen LogP contribution in [0.25, 0.3) is 27.6 Å². The van der Waals surface area contributed by atoms with Crippen LogP contribution in [0, 0.1) is 0 Å². The zero-order chi connectivity index (χ0) is 36.4. The molecule has 6 nitrogen and oxygen atoms in total. The number of para-hydroxylation sites is 3. The molecule has 262 valence electrons. The molecule has 52 heavy (non-hydrogen) atoms. The molecule has 0 amide bonds. The second-order valence-electron chi connectivity index (χ2n) is 16.3. The topological polar surface area (TPSA) is 46.4 Å². The number of pyridine rings is 2. The monoisotopic (exact) mass is 685 g/mol. The summed E-state index contributed by atoms with van der Waals surface area (Å²) in [4.78, 5) is 14.6. The van der Waals surface area contributed by atoms with Crippen LogP contribution in [-0.4, -0.2) is 21.2 Å². The predicted octanol–water partition coefficient (Wildman–Crippen LogP) is 12.3. The maximum absolute atomic E-state index is 6.66. The van der Waals surface area contributed by atoms with E-state index in [-0.39, 0.29) is 10.8 Å². The molecule has 0 bridgehead atoms. The van der Waals surface area contributed by atoms with E-state index in [1.54, 1.807) is 0 Å². The SMILES string of the molecule is CC(C)c1cc(C(C)(C)C)cnc1N1CN(c2cccc(Oc3ccc4c5ccccc5n(-c5cc(C(C)(C)C)ccn5)c4c3)c2)c2ccccc21. The van der Waals surface area contributed by atoms with E-state index in [2.05, 4.69) is 179 Å². The minimum absolute atomic E-state index is 0.00668. The number of rotatable bonds is 6. The van der Waals surface area contributed by atoms with E-state index < -0.39 is 0 Å². The second-order valence-corrected chi connectivity index (χ2v) is 16.3. The summed E-state index contributed by atoms with van der Waals surface area (Å²) in [5.41, 5.74) is 9.32.